The summed E-state index contributed by atoms with van der Waals surface area (Å²) in [6, 6.07) is 5.87. The van der Waals surface area contributed by atoms with E-state index in [0.717, 1.165) is 17.1 Å². The number of nitrogens with one attached hydrogen (secondary N) is 1. The maximum atomic E-state index is 13.2. The van der Waals surface area contributed by atoms with Crippen molar-refractivity contribution in [1.82, 2.24) is 14.9 Å². The minimum absolute atomic E-state index is 0.0172. The highest BCUT2D eigenvalue weighted by atomic mass is 19.1. The predicted molar refractivity (Wildman–Crippen MR) is 88.0 cm³/mol. The van der Waals surface area contributed by atoms with Crippen molar-refractivity contribution in [3.8, 4) is 0 Å². The lowest BCUT2D eigenvalue weighted by Crippen LogP contribution is -2.50. The molecule has 5 nitrogen and oxygen atoms in total. The number of hydrogen-bond acceptors (Lipinski definition) is 3. The summed E-state index contributed by atoms with van der Waals surface area (Å²) in [7, 11) is 0. The molecule has 1 aliphatic rings. The summed E-state index contributed by atoms with van der Waals surface area (Å²) in [5.74, 6) is 0.407. The Morgan fingerprint density at radius 3 is 2.71 bits per heavy atom. The molecule has 1 aromatic carbocycles. The SMILES string of the molecule is Cc1cnc(C2COCCN2C(=O)C(C)(C)c2ccc(F)cc2)[nH]1. The first-order valence-corrected chi connectivity index (χ1v) is 8.06. The first kappa shape index (κ1) is 16.6. The van der Waals surface area contributed by atoms with Crippen LogP contribution in [-0.2, 0) is 14.9 Å². The highest BCUT2D eigenvalue weighted by molar-refractivity contribution is 5.87. The van der Waals surface area contributed by atoms with E-state index >= 15 is 0 Å². The summed E-state index contributed by atoms with van der Waals surface area (Å²) < 4.78 is 18.7. The molecule has 1 N–H and O–H groups in total. The number of imidazole rings is 1. The van der Waals surface area contributed by atoms with E-state index in [-0.39, 0.29) is 17.8 Å². The molecular weight excluding hydrogens is 309 g/mol. The Hall–Kier alpha value is -2.21. The Morgan fingerprint density at radius 2 is 2.08 bits per heavy atom. The van der Waals surface area contributed by atoms with E-state index in [9.17, 15) is 9.18 Å². The average molecular weight is 331 g/mol. The van der Waals surface area contributed by atoms with Crippen molar-refractivity contribution in [2.75, 3.05) is 19.8 Å². The van der Waals surface area contributed by atoms with Gasteiger partial charge < -0.3 is 14.6 Å². The molecule has 1 aliphatic heterocycles. The Morgan fingerprint density at radius 1 is 1.38 bits per heavy atom. The molecule has 0 spiro atoms. The van der Waals surface area contributed by atoms with Crippen molar-refractivity contribution < 1.29 is 13.9 Å². The molecule has 0 radical (unpaired) electrons. The van der Waals surface area contributed by atoms with Gasteiger partial charge in [0.15, 0.2) is 0 Å². The Bertz CT molecular complexity index is 724. The summed E-state index contributed by atoms with van der Waals surface area (Å²) in [5.41, 5.74) is 0.973. The monoisotopic (exact) mass is 331 g/mol. The lowest BCUT2D eigenvalue weighted by molar-refractivity contribution is -0.145. The molecule has 1 fully saturated rings. The van der Waals surface area contributed by atoms with Gasteiger partial charge in [-0.3, -0.25) is 4.79 Å². The number of ether oxygens (including phenoxy) is 1. The number of nitrogens with zero attached hydrogens (tertiary/aromatic N) is 2. The largest absolute Gasteiger partial charge is 0.377 e. The van der Waals surface area contributed by atoms with Gasteiger partial charge in [-0.1, -0.05) is 12.1 Å². The van der Waals surface area contributed by atoms with E-state index in [1.807, 2.05) is 25.7 Å². The minimum Gasteiger partial charge on any atom is -0.377 e. The first-order chi connectivity index (χ1) is 11.4. The van der Waals surface area contributed by atoms with E-state index in [1.165, 1.54) is 12.1 Å². The van der Waals surface area contributed by atoms with Crippen molar-refractivity contribution in [3.05, 3.63) is 53.4 Å². The maximum absolute atomic E-state index is 13.2. The summed E-state index contributed by atoms with van der Waals surface area (Å²) in [6.45, 7) is 7.08. The van der Waals surface area contributed by atoms with Gasteiger partial charge in [-0.25, -0.2) is 9.37 Å². The van der Waals surface area contributed by atoms with Crippen molar-refractivity contribution in [3.63, 3.8) is 0 Å². The third-order valence-electron chi connectivity index (χ3n) is 4.53. The smallest absolute Gasteiger partial charge is 0.233 e. The van der Waals surface area contributed by atoms with Crippen LogP contribution in [0.1, 0.15) is 37.0 Å². The second-order valence-electron chi connectivity index (χ2n) is 6.67. The lowest BCUT2D eigenvalue weighted by atomic mass is 9.82. The van der Waals surface area contributed by atoms with E-state index in [4.69, 9.17) is 4.74 Å². The molecule has 6 heteroatoms. The van der Waals surface area contributed by atoms with Gasteiger partial charge >= 0.3 is 0 Å². The second-order valence-corrected chi connectivity index (χ2v) is 6.67. The van der Waals surface area contributed by atoms with Crippen LogP contribution in [0.5, 0.6) is 0 Å². The second kappa shape index (κ2) is 6.36. The molecule has 0 saturated carbocycles. The number of carbonyl (C=O) groups excluding carboxylic acids is 1. The van der Waals surface area contributed by atoms with Gasteiger partial charge in [0.25, 0.3) is 0 Å². The molecule has 24 heavy (non-hydrogen) atoms. The van der Waals surface area contributed by atoms with Gasteiger partial charge in [0, 0.05) is 18.4 Å². The molecular formula is C18H22FN3O2. The highest BCUT2D eigenvalue weighted by Gasteiger charge is 2.39. The van der Waals surface area contributed by atoms with Crippen LogP contribution < -0.4 is 0 Å². The molecule has 0 bridgehead atoms. The Kier molecular flexibility index (Phi) is 4.41. The third kappa shape index (κ3) is 3.06. The van der Waals surface area contributed by atoms with Crippen molar-refractivity contribution in [2.45, 2.75) is 32.2 Å². The number of hydrogen-bond donors (Lipinski definition) is 1. The molecule has 128 valence electrons. The standard InChI is InChI=1S/C18H22FN3O2/c1-12-10-20-16(21-12)15-11-24-9-8-22(15)17(23)18(2,3)13-4-6-14(19)7-5-13/h4-7,10,15H,8-9,11H2,1-3H3,(H,20,21). The van der Waals surface area contributed by atoms with Crippen molar-refractivity contribution in [1.29, 1.82) is 0 Å². The average Bonchev–Trinajstić information content (AvgIpc) is 3.01. The van der Waals surface area contributed by atoms with Gasteiger partial charge in [-0.05, 0) is 38.5 Å². The number of rotatable bonds is 3. The van der Waals surface area contributed by atoms with Crippen LogP contribution in [0.2, 0.25) is 0 Å². The lowest BCUT2D eigenvalue weighted by Gasteiger charge is -2.39. The molecule has 1 aromatic heterocycles. The molecule has 2 heterocycles. The number of H-pyrrole nitrogens is 1. The molecule has 0 aliphatic carbocycles. The number of aromatic amines is 1. The predicted octanol–water partition coefficient (Wildman–Crippen LogP) is 2.73. The minimum atomic E-state index is -0.759. The van der Waals surface area contributed by atoms with Crippen LogP contribution in [0, 0.1) is 12.7 Å². The van der Waals surface area contributed by atoms with Gasteiger partial charge in [-0.2, -0.15) is 0 Å². The van der Waals surface area contributed by atoms with Crippen LogP contribution in [0.4, 0.5) is 4.39 Å². The van der Waals surface area contributed by atoms with Gasteiger partial charge in [0.05, 0.1) is 18.6 Å². The van der Waals surface area contributed by atoms with Crippen LogP contribution >= 0.6 is 0 Å². The zero-order valence-corrected chi connectivity index (χ0v) is 14.2. The van der Waals surface area contributed by atoms with Crippen LogP contribution in [0.15, 0.2) is 30.5 Å². The fourth-order valence-corrected chi connectivity index (χ4v) is 3.02. The fourth-order valence-electron chi connectivity index (χ4n) is 3.02. The van der Waals surface area contributed by atoms with E-state index in [2.05, 4.69) is 9.97 Å². The number of aromatic nitrogens is 2. The Labute approximate surface area is 140 Å². The number of halogens is 1. The zero-order chi connectivity index (χ0) is 17.3. The highest BCUT2D eigenvalue weighted by Crippen LogP contribution is 2.31. The molecule has 3 rings (SSSR count). The molecule has 1 saturated heterocycles. The van der Waals surface area contributed by atoms with E-state index < -0.39 is 5.41 Å². The molecule has 1 amide bonds. The molecule has 1 atom stereocenters. The third-order valence-corrected chi connectivity index (χ3v) is 4.53. The number of morpholine rings is 1. The van der Waals surface area contributed by atoms with Crippen molar-refractivity contribution >= 4 is 5.91 Å². The molecule has 1 unspecified atom stereocenters. The van der Waals surface area contributed by atoms with Gasteiger partial charge in [0.2, 0.25) is 5.91 Å². The van der Waals surface area contributed by atoms with E-state index in [1.54, 1.807) is 18.3 Å². The van der Waals surface area contributed by atoms with E-state index in [0.29, 0.717) is 19.8 Å². The zero-order valence-electron chi connectivity index (χ0n) is 14.2. The number of benzene rings is 1. The van der Waals surface area contributed by atoms with Crippen LogP contribution in [0.3, 0.4) is 0 Å². The summed E-state index contributed by atoms with van der Waals surface area (Å²) in [4.78, 5) is 22.6. The number of carbonyl (C=O) groups is 1. The first-order valence-electron chi connectivity index (χ1n) is 8.06. The quantitative estimate of drug-likeness (QED) is 0.941. The van der Waals surface area contributed by atoms with Gasteiger partial charge in [-0.15, -0.1) is 0 Å². The van der Waals surface area contributed by atoms with Gasteiger partial charge in [0.1, 0.15) is 17.7 Å². The normalized spacial score (nSPS) is 18.7. The number of aryl methyl sites for hydroxylation is 1. The molecule has 2 aromatic rings. The topological polar surface area (TPSA) is 58.2 Å². The summed E-state index contributed by atoms with van der Waals surface area (Å²) in [5, 5.41) is 0. The van der Waals surface area contributed by atoms with Crippen LogP contribution in [-0.4, -0.2) is 40.5 Å². The van der Waals surface area contributed by atoms with Crippen molar-refractivity contribution in [2.24, 2.45) is 0 Å². The van der Waals surface area contributed by atoms with Crippen LogP contribution in [0.25, 0.3) is 0 Å². The summed E-state index contributed by atoms with van der Waals surface area (Å²) in [6.07, 6.45) is 1.75. The fraction of sp³-hybridized carbons (Fsp3) is 0.444. The number of amides is 1. The summed E-state index contributed by atoms with van der Waals surface area (Å²) >= 11 is 0. The maximum Gasteiger partial charge on any atom is 0.233 e. The Balaban J connectivity index is 1.89.